The van der Waals surface area contributed by atoms with Crippen LogP contribution >= 0.6 is 0 Å². The summed E-state index contributed by atoms with van der Waals surface area (Å²) in [5.74, 6) is 0.108. The number of β-amino-alcohol motifs (C(OH)–C–C–N with tert-alkyl or cyclic N) is 1. The molecule has 1 unspecified atom stereocenters. The Balaban J connectivity index is 1.73. The molecule has 0 saturated carbocycles. The molecule has 0 radical (unpaired) electrons. The van der Waals surface area contributed by atoms with Crippen molar-refractivity contribution < 1.29 is 14.6 Å². The lowest BCUT2D eigenvalue weighted by Crippen LogP contribution is -2.44. The third-order valence-electron chi connectivity index (χ3n) is 4.00. The molecule has 5 nitrogen and oxygen atoms in total. The lowest BCUT2D eigenvalue weighted by atomic mass is 10.0. The van der Waals surface area contributed by atoms with Crippen LogP contribution in [0.2, 0.25) is 0 Å². The van der Waals surface area contributed by atoms with Crippen molar-refractivity contribution in [2.45, 2.75) is 50.4 Å². The SMILES string of the molecule is CN(C(=O)CCC1CCCCO1)[C@@H]1CNC[C@H]1O. The molecule has 0 aliphatic carbocycles. The number of likely N-dealkylation sites (N-methyl/N-ethyl adjacent to an activating group) is 1. The van der Waals surface area contributed by atoms with E-state index >= 15 is 0 Å². The zero-order valence-corrected chi connectivity index (χ0v) is 11.1. The maximum Gasteiger partial charge on any atom is 0.222 e. The molecule has 2 fully saturated rings. The first kappa shape index (κ1) is 13.8. The highest BCUT2D eigenvalue weighted by atomic mass is 16.5. The molecule has 2 heterocycles. The fraction of sp³-hybridized carbons (Fsp3) is 0.923. The van der Waals surface area contributed by atoms with Gasteiger partial charge in [0, 0.05) is 33.2 Å². The lowest BCUT2D eigenvalue weighted by Gasteiger charge is -2.28. The number of amides is 1. The Labute approximate surface area is 108 Å². The number of nitrogens with one attached hydrogen (secondary N) is 1. The van der Waals surface area contributed by atoms with Crippen molar-refractivity contribution in [3.8, 4) is 0 Å². The van der Waals surface area contributed by atoms with Gasteiger partial charge < -0.3 is 20.1 Å². The maximum absolute atomic E-state index is 12.0. The third-order valence-corrected chi connectivity index (χ3v) is 4.00. The van der Waals surface area contributed by atoms with Crippen LogP contribution in [0.4, 0.5) is 0 Å². The second kappa shape index (κ2) is 6.50. The first-order chi connectivity index (χ1) is 8.68. The van der Waals surface area contributed by atoms with Crippen molar-refractivity contribution >= 4 is 5.91 Å². The number of aliphatic hydroxyl groups excluding tert-OH is 1. The van der Waals surface area contributed by atoms with E-state index in [4.69, 9.17) is 4.74 Å². The zero-order valence-electron chi connectivity index (χ0n) is 11.1. The largest absolute Gasteiger partial charge is 0.390 e. The van der Waals surface area contributed by atoms with Gasteiger partial charge in [-0.1, -0.05) is 0 Å². The monoisotopic (exact) mass is 256 g/mol. The number of ether oxygens (including phenoxy) is 1. The summed E-state index contributed by atoms with van der Waals surface area (Å²) >= 11 is 0. The van der Waals surface area contributed by atoms with Crippen molar-refractivity contribution in [1.82, 2.24) is 10.2 Å². The number of hydrogen-bond acceptors (Lipinski definition) is 4. The predicted molar refractivity (Wildman–Crippen MR) is 68.3 cm³/mol. The van der Waals surface area contributed by atoms with Crippen LogP contribution in [0.25, 0.3) is 0 Å². The van der Waals surface area contributed by atoms with Crippen molar-refractivity contribution in [2.75, 3.05) is 26.7 Å². The Morgan fingerprint density at radius 1 is 1.44 bits per heavy atom. The third kappa shape index (κ3) is 3.43. The molecule has 2 aliphatic rings. The molecule has 3 atom stereocenters. The summed E-state index contributed by atoms with van der Waals surface area (Å²) in [7, 11) is 1.78. The van der Waals surface area contributed by atoms with E-state index in [1.165, 1.54) is 6.42 Å². The normalized spacial score (nSPS) is 32.4. The van der Waals surface area contributed by atoms with Gasteiger partial charge in [-0.3, -0.25) is 4.79 Å². The molecule has 0 aromatic heterocycles. The highest BCUT2D eigenvalue weighted by Gasteiger charge is 2.31. The fourth-order valence-corrected chi connectivity index (χ4v) is 2.73. The van der Waals surface area contributed by atoms with E-state index in [0.717, 1.165) is 25.9 Å². The van der Waals surface area contributed by atoms with Crippen LogP contribution in [-0.2, 0) is 9.53 Å². The van der Waals surface area contributed by atoms with Gasteiger partial charge in [0.2, 0.25) is 5.91 Å². The van der Waals surface area contributed by atoms with E-state index < -0.39 is 6.10 Å². The van der Waals surface area contributed by atoms with E-state index in [1.807, 2.05) is 0 Å². The van der Waals surface area contributed by atoms with Gasteiger partial charge in [-0.2, -0.15) is 0 Å². The Morgan fingerprint density at radius 3 is 2.89 bits per heavy atom. The quantitative estimate of drug-likeness (QED) is 0.750. The molecule has 0 bridgehead atoms. The van der Waals surface area contributed by atoms with E-state index in [2.05, 4.69) is 5.32 Å². The lowest BCUT2D eigenvalue weighted by molar-refractivity contribution is -0.134. The zero-order chi connectivity index (χ0) is 13.0. The van der Waals surface area contributed by atoms with Gasteiger partial charge in [0.25, 0.3) is 0 Å². The van der Waals surface area contributed by atoms with Crippen LogP contribution in [0.3, 0.4) is 0 Å². The molecule has 5 heteroatoms. The highest BCUT2D eigenvalue weighted by molar-refractivity contribution is 5.76. The second-order valence-electron chi connectivity index (χ2n) is 5.32. The van der Waals surface area contributed by atoms with E-state index in [-0.39, 0.29) is 18.1 Å². The summed E-state index contributed by atoms with van der Waals surface area (Å²) in [6.45, 7) is 2.09. The molecule has 0 aromatic carbocycles. The van der Waals surface area contributed by atoms with Crippen LogP contribution in [-0.4, -0.2) is 60.9 Å². The molecular formula is C13H24N2O3. The van der Waals surface area contributed by atoms with Crippen molar-refractivity contribution in [1.29, 1.82) is 0 Å². The molecule has 2 N–H and O–H groups in total. The van der Waals surface area contributed by atoms with Gasteiger partial charge in [0.1, 0.15) is 0 Å². The Bertz CT molecular complexity index is 279. The first-order valence-electron chi connectivity index (χ1n) is 6.94. The number of carbonyl (C=O) groups is 1. The van der Waals surface area contributed by atoms with Crippen LogP contribution < -0.4 is 5.32 Å². The minimum absolute atomic E-state index is 0.0789. The van der Waals surface area contributed by atoms with Crippen LogP contribution in [0.1, 0.15) is 32.1 Å². The van der Waals surface area contributed by atoms with Crippen molar-refractivity contribution in [3.05, 3.63) is 0 Å². The minimum Gasteiger partial charge on any atom is -0.390 e. The first-order valence-corrected chi connectivity index (χ1v) is 6.94. The van der Waals surface area contributed by atoms with Crippen LogP contribution in [0.5, 0.6) is 0 Å². The summed E-state index contributed by atoms with van der Waals surface area (Å²) < 4.78 is 5.62. The molecule has 18 heavy (non-hydrogen) atoms. The molecule has 2 aliphatic heterocycles. The summed E-state index contributed by atoms with van der Waals surface area (Å²) in [5, 5.41) is 12.8. The molecule has 104 valence electrons. The molecule has 0 spiro atoms. The number of carbonyl (C=O) groups excluding carboxylic acids is 1. The average Bonchev–Trinajstić information content (AvgIpc) is 2.82. The Hall–Kier alpha value is -0.650. The van der Waals surface area contributed by atoms with Crippen LogP contribution in [0.15, 0.2) is 0 Å². The standard InChI is InChI=1S/C13H24N2O3/c1-15(11-8-14-9-12(11)16)13(17)6-5-10-4-2-3-7-18-10/h10-12,14,16H,2-9H2,1H3/t10?,11-,12-/m1/s1. The van der Waals surface area contributed by atoms with Gasteiger partial charge in [-0.25, -0.2) is 0 Å². The minimum atomic E-state index is -0.440. The second-order valence-corrected chi connectivity index (χ2v) is 5.32. The molecule has 2 saturated heterocycles. The summed E-state index contributed by atoms with van der Waals surface area (Å²) in [5.41, 5.74) is 0. The number of aliphatic hydroxyl groups is 1. The number of nitrogens with zero attached hydrogens (tertiary/aromatic N) is 1. The number of rotatable bonds is 4. The molecular weight excluding hydrogens is 232 g/mol. The van der Waals surface area contributed by atoms with Gasteiger partial charge in [0.05, 0.1) is 18.2 Å². The van der Waals surface area contributed by atoms with Gasteiger partial charge in [-0.05, 0) is 25.7 Å². The summed E-state index contributed by atoms with van der Waals surface area (Å²) in [6, 6.07) is -0.0789. The van der Waals surface area contributed by atoms with E-state index in [1.54, 1.807) is 11.9 Å². The van der Waals surface area contributed by atoms with Gasteiger partial charge >= 0.3 is 0 Å². The Morgan fingerprint density at radius 2 is 2.28 bits per heavy atom. The molecule has 0 aromatic rings. The summed E-state index contributed by atoms with van der Waals surface area (Å²) in [6.07, 6.45) is 4.56. The fourth-order valence-electron chi connectivity index (χ4n) is 2.73. The van der Waals surface area contributed by atoms with Gasteiger partial charge in [0.15, 0.2) is 0 Å². The summed E-state index contributed by atoms with van der Waals surface area (Å²) in [4.78, 5) is 13.7. The smallest absolute Gasteiger partial charge is 0.222 e. The molecule has 2 rings (SSSR count). The van der Waals surface area contributed by atoms with Crippen molar-refractivity contribution in [2.24, 2.45) is 0 Å². The highest BCUT2D eigenvalue weighted by Crippen LogP contribution is 2.18. The van der Waals surface area contributed by atoms with Crippen molar-refractivity contribution in [3.63, 3.8) is 0 Å². The maximum atomic E-state index is 12.0. The van der Waals surface area contributed by atoms with E-state index in [0.29, 0.717) is 19.5 Å². The number of hydrogen-bond donors (Lipinski definition) is 2. The predicted octanol–water partition coefficient (Wildman–Crippen LogP) is 0.127. The topological polar surface area (TPSA) is 61.8 Å². The molecule has 1 amide bonds. The van der Waals surface area contributed by atoms with Crippen LogP contribution in [0, 0.1) is 0 Å². The average molecular weight is 256 g/mol. The van der Waals surface area contributed by atoms with Gasteiger partial charge in [-0.15, -0.1) is 0 Å². The van der Waals surface area contributed by atoms with E-state index in [9.17, 15) is 9.90 Å². The Kier molecular flexibility index (Phi) is 4.97.